The molecule has 0 heterocycles. The lowest BCUT2D eigenvalue weighted by molar-refractivity contribution is -0.296. The highest BCUT2D eigenvalue weighted by Crippen LogP contribution is 2.73. The van der Waals surface area contributed by atoms with E-state index in [2.05, 4.69) is 20.4 Å². The second-order valence-electron chi connectivity index (χ2n) is 9.68. The molecule has 4 rings (SSSR count). The number of aliphatic hydroxyl groups is 3. The van der Waals surface area contributed by atoms with Gasteiger partial charge in [-0.1, -0.05) is 32.4 Å². The van der Waals surface area contributed by atoms with Crippen molar-refractivity contribution in [1.82, 2.24) is 0 Å². The summed E-state index contributed by atoms with van der Waals surface area (Å²) in [6, 6.07) is 0. The van der Waals surface area contributed by atoms with Gasteiger partial charge < -0.3 is 15.3 Å². The number of fused-ring (bicyclic) bond motifs is 3. The lowest BCUT2D eigenvalue weighted by atomic mass is 9.38. The molecule has 1 unspecified atom stereocenters. The minimum absolute atomic E-state index is 0.151. The number of hydrogen-bond donors (Lipinski definition) is 3. The molecule has 0 aromatic carbocycles. The van der Waals surface area contributed by atoms with E-state index in [1.54, 1.807) is 0 Å². The first-order valence-corrected chi connectivity index (χ1v) is 9.41. The number of allylic oxidation sites excluding steroid dienone is 1. The Labute approximate surface area is 139 Å². The molecule has 0 amide bonds. The van der Waals surface area contributed by atoms with Crippen molar-refractivity contribution in [3.8, 4) is 0 Å². The van der Waals surface area contributed by atoms with Gasteiger partial charge in [-0.3, -0.25) is 0 Å². The third-order valence-electron chi connectivity index (χ3n) is 8.87. The molecule has 3 N–H and O–H groups in total. The third-order valence-corrected chi connectivity index (χ3v) is 8.87. The van der Waals surface area contributed by atoms with Crippen LogP contribution in [0.5, 0.6) is 0 Å². The highest BCUT2D eigenvalue weighted by Gasteiger charge is 2.73. The largest absolute Gasteiger partial charge is 0.396 e. The summed E-state index contributed by atoms with van der Waals surface area (Å²) < 4.78 is 0. The molecule has 3 heteroatoms. The fourth-order valence-corrected chi connectivity index (χ4v) is 7.50. The maximum atomic E-state index is 12.1. The molecular formula is C20H32O3. The highest BCUT2D eigenvalue weighted by molar-refractivity contribution is 5.30. The summed E-state index contributed by atoms with van der Waals surface area (Å²) in [5.41, 5.74) is -0.376. The molecule has 4 aliphatic carbocycles. The average molecular weight is 320 g/mol. The average Bonchev–Trinajstić information content (AvgIpc) is 2.80. The highest BCUT2D eigenvalue weighted by atomic mass is 16.3. The monoisotopic (exact) mass is 320 g/mol. The van der Waals surface area contributed by atoms with E-state index in [4.69, 9.17) is 0 Å². The van der Waals surface area contributed by atoms with Crippen LogP contribution in [0, 0.1) is 28.1 Å². The molecule has 0 aromatic heterocycles. The van der Waals surface area contributed by atoms with Crippen LogP contribution >= 0.6 is 0 Å². The predicted molar refractivity (Wildman–Crippen MR) is 89.7 cm³/mol. The Morgan fingerprint density at radius 2 is 1.96 bits per heavy atom. The van der Waals surface area contributed by atoms with Gasteiger partial charge in [0.05, 0.1) is 11.7 Å². The lowest BCUT2D eigenvalue weighted by Gasteiger charge is -2.69. The van der Waals surface area contributed by atoms with Crippen molar-refractivity contribution in [2.24, 2.45) is 28.1 Å². The van der Waals surface area contributed by atoms with Crippen molar-refractivity contribution in [3.05, 3.63) is 12.2 Å². The van der Waals surface area contributed by atoms with Crippen molar-refractivity contribution in [2.75, 3.05) is 6.61 Å². The van der Waals surface area contributed by atoms with Crippen LogP contribution in [0.1, 0.15) is 65.2 Å². The summed E-state index contributed by atoms with van der Waals surface area (Å²) in [7, 11) is 0. The predicted octanol–water partition coefficient (Wildman–Crippen LogP) is 3.03. The topological polar surface area (TPSA) is 60.7 Å². The first-order valence-electron chi connectivity index (χ1n) is 9.41. The van der Waals surface area contributed by atoms with E-state index in [1.807, 2.05) is 0 Å². The fourth-order valence-electron chi connectivity index (χ4n) is 7.50. The molecule has 2 bridgehead atoms. The van der Waals surface area contributed by atoms with E-state index in [-0.39, 0.29) is 23.4 Å². The van der Waals surface area contributed by atoms with E-state index in [0.717, 1.165) is 51.4 Å². The van der Waals surface area contributed by atoms with Gasteiger partial charge in [0.15, 0.2) is 0 Å². The molecule has 0 saturated heterocycles. The Morgan fingerprint density at radius 1 is 1.22 bits per heavy atom. The smallest absolute Gasteiger partial charge is 0.0788 e. The van der Waals surface area contributed by atoms with Gasteiger partial charge in [0.1, 0.15) is 0 Å². The van der Waals surface area contributed by atoms with Crippen molar-refractivity contribution in [2.45, 2.75) is 76.9 Å². The second kappa shape index (κ2) is 4.62. The number of rotatable bonds is 1. The Hall–Kier alpha value is -0.380. The maximum absolute atomic E-state index is 12.1. The summed E-state index contributed by atoms with van der Waals surface area (Å²) in [5.74, 6) is 0.669. The quantitative estimate of drug-likeness (QED) is 0.651. The van der Waals surface area contributed by atoms with Crippen LogP contribution in [0.4, 0.5) is 0 Å². The Kier molecular flexibility index (Phi) is 3.23. The first kappa shape index (κ1) is 16.1. The summed E-state index contributed by atoms with van der Waals surface area (Å²) >= 11 is 0. The molecule has 7 atom stereocenters. The molecule has 0 aliphatic heterocycles. The zero-order valence-corrected chi connectivity index (χ0v) is 14.6. The van der Waals surface area contributed by atoms with Gasteiger partial charge in [0.25, 0.3) is 0 Å². The molecule has 4 aliphatic rings. The summed E-state index contributed by atoms with van der Waals surface area (Å²) in [6.07, 6.45) is 6.78. The normalized spacial score (nSPS) is 58.7. The van der Waals surface area contributed by atoms with Crippen LogP contribution in [0.2, 0.25) is 0 Å². The lowest BCUT2D eigenvalue weighted by Crippen LogP contribution is -2.72. The van der Waals surface area contributed by atoms with Gasteiger partial charge in [-0.05, 0) is 62.2 Å². The van der Waals surface area contributed by atoms with Gasteiger partial charge in [-0.2, -0.15) is 0 Å². The molecule has 4 fully saturated rings. The number of aliphatic hydroxyl groups excluding tert-OH is 2. The van der Waals surface area contributed by atoms with Crippen molar-refractivity contribution in [3.63, 3.8) is 0 Å². The van der Waals surface area contributed by atoms with Gasteiger partial charge in [0, 0.05) is 17.4 Å². The fraction of sp³-hybridized carbons (Fsp3) is 0.900. The Balaban J connectivity index is 1.85. The molecular weight excluding hydrogens is 288 g/mol. The zero-order chi connectivity index (χ0) is 16.7. The molecule has 4 saturated carbocycles. The van der Waals surface area contributed by atoms with Gasteiger partial charge in [-0.15, -0.1) is 0 Å². The summed E-state index contributed by atoms with van der Waals surface area (Å²) in [5, 5.41) is 33.3. The van der Waals surface area contributed by atoms with Crippen LogP contribution < -0.4 is 0 Å². The zero-order valence-electron chi connectivity index (χ0n) is 14.6. The van der Waals surface area contributed by atoms with E-state index in [1.165, 1.54) is 5.57 Å². The van der Waals surface area contributed by atoms with E-state index in [0.29, 0.717) is 5.92 Å². The van der Waals surface area contributed by atoms with Gasteiger partial charge in [-0.25, -0.2) is 0 Å². The van der Waals surface area contributed by atoms with E-state index in [9.17, 15) is 15.3 Å². The van der Waals surface area contributed by atoms with Crippen molar-refractivity contribution < 1.29 is 15.3 Å². The minimum Gasteiger partial charge on any atom is -0.396 e. The molecule has 0 radical (unpaired) electrons. The molecule has 23 heavy (non-hydrogen) atoms. The van der Waals surface area contributed by atoms with Crippen LogP contribution in [-0.4, -0.2) is 33.6 Å². The summed E-state index contributed by atoms with van der Waals surface area (Å²) in [4.78, 5) is 0. The third kappa shape index (κ3) is 1.67. The molecule has 1 spiro atoms. The first-order chi connectivity index (χ1) is 10.7. The van der Waals surface area contributed by atoms with Crippen LogP contribution in [0.15, 0.2) is 12.2 Å². The second-order valence-corrected chi connectivity index (χ2v) is 9.68. The maximum Gasteiger partial charge on any atom is 0.0788 e. The standard InChI is InChI=1S/C20H32O3/c1-13-10-19-11-14(13)5-8-20(19,23)18(3)7-4-6-17(2,12-21)15(18)9-16(19)22/h14-16,21-23H,1,4-12H2,2-3H3/t14-,15?,16-,17-,18-,19-,20-/m1/s1. The minimum atomic E-state index is -0.824. The SMILES string of the molecule is C=C1C[C@]23C[C@H]1CC[C@@]2(O)[C@]1(C)CCC[C@](C)(CO)C1C[C@H]3O. The van der Waals surface area contributed by atoms with Gasteiger partial charge in [0.2, 0.25) is 0 Å². The molecule has 0 aromatic rings. The van der Waals surface area contributed by atoms with Crippen molar-refractivity contribution in [1.29, 1.82) is 0 Å². The van der Waals surface area contributed by atoms with Crippen molar-refractivity contribution >= 4 is 0 Å². The summed E-state index contributed by atoms with van der Waals surface area (Å²) in [6.45, 7) is 8.81. The Morgan fingerprint density at radius 3 is 2.65 bits per heavy atom. The van der Waals surface area contributed by atoms with E-state index >= 15 is 0 Å². The molecule has 3 nitrogen and oxygen atoms in total. The van der Waals surface area contributed by atoms with Crippen LogP contribution in [-0.2, 0) is 0 Å². The van der Waals surface area contributed by atoms with E-state index < -0.39 is 17.1 Å². The van der Waals surface area contributed by atoms with Crippen LogP contribution in [0.3, 0.4) is 0 Å². The Bertz CT molecular complexity index is 545. The van der Waals surface area contributed by atoms with Crippen LogP contribution in [0.25, 0.3) is 0 Å². The molecule has 130 valence electrons. The number of hydrogen-bond acceptors (Lipinski definition) is 3. The van der Waals surface area contributed by atoms with Gasteiger partial charge >= 0.3 is 0 Å².